The maximum absolute atomic E-state index is 12.3. The molecule has 0 aliphatic carbocycles. The monoisotopic (exact) mass is 304 g/mol. The number of carbonyl (C=O) groups is 1. The number of thiazole rings is 1. The second kappa shape index (κ2) is 7.17. The SMILES string of the molecule is CCNc1cc(C(=O)NCc2nc(C)cs2)cc(CC)n1. The molecule has 0 aliphatic heterocycles. The lowest BCUT2D eigenvalue weighted by Crippen LogP contribution is -2.23. The van der Waals surface area contributed by atoms with Crippen LogP contribution < -0.4 is 10.6 Å². The van der Waals surface area contributed by atoms with Crippen LogP contribution >= 0.6 is 11.3 Å². The van der Waals surface area contributed by atoms with E-state index in [0.717, 1.165) is 35.2 Å². The molecule has 0 spiro atoms. The summed E-state index contributed by atoms with van der Waals surface area (Å²) in [7, 11) is 0. The fourth-order valence-electron chi connectivity index (χ4n) is 1.91. The minimum Gasteiger partial charge on any atom is -0.370 e. The Morgan fingerprint density at radius 1 is 1.29 bits per heavy atom. The molecule has 2 N–H and O–H groups in total. The molecule has 0 aliphatic rings. The Morgan fingerprint density at radius 2 is 2.10 bits per heavy atom. The molecule has 6 heteroatoms. The van der Waals surface area contributed by atoms with Crippen molar-refractivity contribution < 1.29 is 4.79 Å². The van der Waals surface area contributed by atoms with E-state index in [4.69, 9.17) is 0 Å². The largest absolute Gasteiger partial charge is 0.370 e. The highest BCUT2D eigenvalue weighted by Gasteiger charge is 2.10. The van der Waals surface area contributed by atoms with Gasteiger partial charge in [-0.3, -0.25) is 4.79 Å². The van der Waals surface area contributed by atoms with Gasteiger partial charge in [-0.05, 0) is 32.4 Å². The minimum atomic E-state index is -0.0980. The molecule has 0 saturated carbocycles. The number of anilines is 1. The molecule has 2 heterocycles. The third-order valence-corrected chi connectivity index (χ3v) is 3.89. The van der Waals surface area contributed by atoms with Crippen molar-refractivity contribution >= 4 is 23.1 Å². The number of aryl methyl sites for hydroxylation is 2. The zero-order valence-electron chi connectivity index (χ0n) is 12.6. The van der Waals surface area contributed by atoms with Crippen LogP contribution in [0.15, 0.2) is 17.5 Å². The Labute approximate surface area is 128 Å². The molecular weight excluding hydrogens is 284 g/mol. The first kappa shape index (κ1) is 15.4. The molecule has 1 amide bonds. The summed E-state index contributed by atoms with van der Waals surface area (Å²) in [6.45, 7) is 7.21. The molecule has 0 bridgehead atoms. The predicted octanol–water partition coefficient (Wildman–Crippen LogP) is 2.77. The topological polar surface area (TPSA) is 66.9 Å². The van der Waals surface area contributed by atoms with Gasteiger partial charge < -0.3 is 10.6 Å². The molecular formula is C15H20N4OS. The van der Waals surface area contributed by atoms with Crippen molar-refractivity contribution in [3.63, 3.8) is 0 Å². The number of nitrogens with zero attached hydrogens (tertiary/aromatic N) is 2. The second-order valence-electron chi connectivity index (χ2n) is 4.68. The van der Waals surface area contributed by atoms with Crippen molar-refractivity contribution in [2.45, 2.75) is 33.7 Å². The molecule has 2 aromatic rings. The highest BCUT2D eigenvalue weighted by molar-refractivity contribution is 7.09. The van der Waals surface area contributed by atoms with Crippen LogP contribution in [0, 0.1) is 6.92 Å². The van der Waals surface area contributed by atoms with Crippen LogP contribution in [0.3, 0.4) is 0 Å². The van der Waals surface area contributed by atoms with Gasteiger partial charge in [-0.15, -0.1) is 11.3 Å². The molecule has 112 valence electrons. The zero-order valence-corrected chi connectivity index (χ0v) is 13.4. The van der Waals surface area contributed by atoms with Gasteiger partial charge in [0, 0.05) is 28.9 Å². The number of pyridine rings is 1. The van der Waals surface area contributed by atoms with E-state index in [0.29, 0.717) is 12.1 Å². The van der Waals surface area contributed by atoms with Gasteiger partial charge >= 0.3 is 0 Å². The number of hydrogen-bond acceptors (Lipinski definition) is 5. The summed E-state index contributed by atoms with van der Waals surface area (Å²) in [5.41, 5.74) is 2.52. The highest BCUT2D eigenvalue weighted by Crippen LogP contribution is 2.12. The Bertz CT molecular complexity index is 624. The highest BCUT2D eigenvalue weighted by atomic mass is 32.1. The normalized spacial score (nSPS) is 10.4. The fourth-order valence-corrected chi connectivity index (χ4v) is 2.62. The van der Waals surface area contributed by atoms with Gasteiger partial charge in [0.2, 0.25) is 0 Å². The maximum Gasteiger partial charge on any atom is 0.251 e. The van der Waals surface area contributed by atoms with Crippen molar-refractivity contribution in [3.05, 3.63) is 39.5 Å². The molecule has 2 aromatic heterocycles. The van der Waals surface area contributed by atoms with Gasteiger partial charge in [-0.1, -0.05) is 6.92 Å². The third-order valence-electron chi connectivity index (χ3n) is 2.93. The van der Waals surface area contributed by atoms with E-state index in [9.17, 15) is 4.79 Å². The number of aromatic nitrogens is 2. The standard InChI is InChI=1S/C15H20N4OS/c1-4-12-6-11(7-13(19-12)16-5-2)15(20)17-8-14-18-10(3)9-21-14/h6-7,9H,4-5,8H2,1-3H3,(H,16,19)(H,17,20). The fraction of sp³-hybridized carbons (Fsp3) is 0.400. The van der Waals surface area contributed by atoms with E-state index in [1.165, 1.54) is 0 Å². The van der Waals surface area contributed by atoms with Crippen molar-refractivity contribution in [2.75, 3.05) is 11.9 Å². The summed E-state index contributed by atoms with van der Waals surface area (Å²) in [5, 5.41) is 8.95. The van der Waals surface area contributed by atoms with E-state index in [-0.39, 0.29) is 5.91 Å². The summed E-state index contributed by atoms with van der Waals surface area (Å²) >= 11 is 1.56. The molecule has 5 nitrogen and oxygen atoms in total. The lowest BCUT2D eigenvalue weighted by atomic mass is 10.2. The van der Waals surface area contributed by atoms with Crippen LogP contribution in [0.1, 0.15) is 40.6 Å². The number of rotatable bonds is 6. The predicted molar refractivity (Wildman–Crippen MR) is 85.8 cm³/mol. The molecule has 2 rings (SSSR count). The Kier molecular flexibility index (Phi) is 5.27. The van der Waals surface area contributed by atoms with Crippen LogP contribution in [0.5, 0.6) is 0 Å². The van der Waals surface area contributed by atoms with Gasteiger partial charge in [0.05, 0.1) is 6.54 Å². The van der Waals surface area contributed by atoms with Crippen LogP contribution in [-0.2, 0) is 13.0 Å². The number of carbonyl (C=O) groups excluding carboxylic acids is 1. The second-order valence-corrected chi connectivity index (χ2v) is 5.62. The van der Waals surface area contributed by atoms with Crippen molar-refractivity contribution in [1.82, 2.24) is 15.3 Å². The first-order valence-corrected chi connectivity index (χ1v) is 7.94. The van der Waals surface area contributed by atoms with E-state index in [1.54, 1.807) is 17.4 Å². The average Bonchev–Trinajstić information content (AvgIpc) is 2.90. The molecule has 0 radical (unpaired) electrons. The van der Waals surface area contributed by atoms with E-state index in [2.05, 4.69) is 20.6 Å². The Morgan fingerprint density at radius 3 is 2.71 bits per heavy atom. The van der Waals surface area contributed by atoms with Gasteiger partial charge in [0.1, 0.15) is 10.8 Å². The summed E-state index contributed by atoms with van der Waals surface area (Å²) in [5.74, 6) is 0.645. The first-order valence-electron chi connectivity index (χ1n) is 7.06. The lowest BCUT2D eigenvalue weighted by Gasteiger charge is -2.09. The van der Waals surface area contributed by atoms with Gasteiger partial charge in [-0.25, -0.2) is 9.97 Å². The zero-order chi connectivity index (χ0) is 15.2. The summed E-state index contributed by atoms with van der Waals surface area (Å²) in [6.07, 6.45) is 0.797. The Hall–Kier alpha value is -1.95. The number of hydrogen-bond donors (Lipinski definition) is 2. The summed E-state index contributed by atoms with van der Waals surface area (Å²) in [6, 6.07) is 3.62. The van der Waals surface area contributed by atoms with Crippen molar-refractivity contribution in [2.24, 2.45) is 0 Å². The summed E-state index contributed by atoms with van der Waals surface area (Å²) < 4.78 is 0. The molecule has 0 fully saturated rings. The van der Waals surface area contributed by atoms with Crippen LogP contribution in [0.4, 0.5) is 5.82 Å². The molecule has 0 saturated heterocycles. The van der Waals surface area contributed by atoms with Gasteiger partial charge in [-0.2, -0.15) is 0 Å². The lowest BCUT2D eigenvalue weighted by molar-refractivity contribution is 0.0950. The van der Waals surface area contributed by atoms with Crippen molar-refractivity contribution in [1.29, 1.82) is 0 Å². The minimum absolute atomic E-state index is 0.0980. The van der Waals surface area contributed by atoms with E-state index >= 15 is 0 Å². The molecule has 0 atom stereocenters. The van der Waals surface area contributed by atoms with Gasteiger partial charge in [0.25, 0.3) is 5.91 Å². The van der Waals surface area contributed by atoms with Crippen LogP contribution in [-0.4, -0.2) is 22.4 Å². The van der Waals surface area contributed by atoms with Crippen molar-refractivity contribution in [3.8, 4) is 0 Å². The first-order chi connectivity index (χ1) is 10.1. The van der Waals surface area contributed by atoms with Gasteiger partial charge in [0.15, 0.2) is 0 Å². The molecule has 0 aromatic carbocycles. The molecule has 0 unspecified atom stereocenters. The molecule has 21 heavy (non-hydrogen) atoms. The maximum atomic E-state index is 12.3. The third kappa shape index (κ3) is 4.26. The number of nitrogens with one attached hydrogen (secondary N) is 2. The van der Waals surface area contributed by atoms with Crippen LogP contribution in [0.25, 0.3) is 0 Å². The Balaban J connectivity index is 2.08. The quantitative estimate of drug-likeness (QED) is 0.861. The van der Waals surface area contributed by atoms with Crippen LogP contribution in [0.2, 0.25) is 0 Å². The average molecular weight is 304 g/mol. The number of amides is 1. The van der Waals surface area contributed by atoms with E-state index < -0.39 is 0 Å². The van der Waals surface area contributed by atoms with E-state index in [1.807, 2.05) is 32.2 Å². The summed E-state index contributed by atoms with van der Waals surface area (Å²) in [4.78, 5) is 21.0. The smallest absolute Gasteiger partial charge is 0.251 e.